The molecular formula is C15H15NO4S. The topological polar surface area (TPSA) is 75.6 Å². The van der Waals surface area contributed by atoms with E-state index in [1.54, 1.807) is 24.3 Å². The fraction of sp³-hybridized carbons (Fsp3) is 0.200. The maximum absolute atomic E-state index is 11.9. The molecule has 21 heavy (non-hydrogen) atoms. The summed E-state index contributed by atoms with van der Waals surface area (Å²) in [5, 5.41) is 15.6. The van der Waals surface area contributed by atoms with Crippen molar-refractivity contribution in [3.8, 4) is 5.75 Å². The van der Waals surface area contributed by atoms with Crippen LogP contribution in [-0.2, 0) is 16.0 Å². The average molecular weight is 305 g/mol. The Morgan fingerprint density at radius 3 is 2.52 bits per heavy atom. The number of carbonyl (C=O) groups is 2. The molecule has 6 heteroatoms. The summed E-state index contributed by atoms with van der Waals surface area (Å²) < 4.78 is 5.03. The molecule has 1 aromatic heterocycles. The van der Waals surface area contributed by atoms with Crippen molar-refractivity contribution in [1.29, 1.82) is 0 Å². The number of nitrogens with one attached hydrogen (secondary N) is 1. The maximum Gasteiger partial charge on any atom is 0.330 e. The van der Waals surface area contributed by atoms with Crippen molar-refractivity contribution in [1.82, 2.24) is 5.32 Å². The number of aliphatic carboxylic acids is 1. The van der Waals surface area contributed by atoms with Gasteiger partial charge >= 0.3 is 5.97 Å². The number of benzene rings is 1. The highest BCUT2D eigenvalue weighted by Crippen LogP contribution is 2.18. The van der Waals surface area contributed by atoms with Crippen LogP contribution in [0, 0.1) is 0 Å². The third-order valence-electron chi connectivity index (χ3n) is 2.95. The molecule has 1 unspecified atom stereocenters. The Balaban J connectivity index is 2.07. The molecule has 2 N–H and O–H groups in total. The standard InChI is InChI=1S/C15H15NO4S/c1-20-12-4-2-11(3-5-12)14(15(18)19)16-13(17)8-10-6-7-21-9-10/h2-7,9,14H,8H2,1H3,(H,16,17)(H,18,19). The summed E-state index contributed by atoms with van der Waals surface area (Å²) in [5.74, 6) is -0.789. The third kappa shape index (κ3) is 4.06. The van der Waals surface area contributed by atoms with E-state index in [1.807, 2.05) is 16.8 Å². The van der Waals surface area contributed by atoms with Crippen LogP contribution in [0.4, 0.5) is 0 Å². The van der Waals surface area contributed by atoms with Gasteiger partial charge in [0.2, 0.25) is 5.91 Å². The summed E-state index contributed by atoms with van der Waals surface area (Å²) >= 11 is 1.50. The first kappa shape index (κ1) is 15.1. The van der Waals surface area contributed by atoms with Crippen molar-refractivity contribution >= 4 is 23.2 Å². The minimum Gasteiger partial charge on any atom is -0.497 e. The Morgan fingerprint density at radius 1 is 1.29 bits per heavy atom. The number of carboxylic acids is 1. The summed E-state index contributed by atoms with van der Waals surface area (Å²) in [6, 6.07) is 7.35. The molecule has 0 saturated carbocycles. The molecule has 0 bridgehead atoms. The average Bonchev–Trinajstić information content (AvgIpc) is 2.97. The second-order valence-electron chi connectivity index (χ2n) is 4.42. The first-order valence-electron chi connectivity index (χ1n) is 6.27. The summed E-state index contributed by atoms with van der Waals surface area (Å²) in [4.78, 5) is 23.3. The number of methoxy groups -OCH3 is 1. The van der Waals surface area contributed by atoms with E-state index in [9.17, 15) is 14.7 Å². The van der Waals surface area contributed by atoms with Gasteiger partial charge in [0.15, 0.2) is 6.04 Å². The fourth-order valence-electron chi connectivity index (χ4n) is 1.87. The molecule has 0 spiro atoms. The fourth-order valence-corrected chi connectivity index (χ4v) is 2.54. The Hall–Kier alpha value is -2.34. The van der Waals surface area contributed by atoms with E-state index in [4.69, 9.17) is 4.74 Å². The van der Waals surface area contributed by atoms with Crippen LogP contribution in [0.5, 0.6) is 5.75 Å². The Labute approximate surface area is 126 Å². The van der Waals surface area contributed by atoms with Crippen molar-refractivity contribution in [3.05, 3.63) is 52.2 Å². The third-order valence-corrected chi connectivity index (χ3v) is 3.68. The molecule has 110 valence electrons. The number of hydrogen-bond donors (Lipinski definition) is 2. The van der Waals surface area contributed by atoms with Gasteiger partial charge in [-0.15, -0.1) is 0 Å². The zero-order chi connectivity index (χ0) is 15.2. The van der Waals surface area contributed by atoms with E-state index in [1.165, 1.54) is 18.4 Å². The summed E-state index contributed by atoms with van der Waals surface area (Å²) in [6.45, 7) is 0. The number of hydrogen-bond acceptors (Lipinski definition) is 4. The van der Waals surface area contributed by atoms with Crippen LogP contribution in [0.25, 0.3) is 0 Å². The molecule has 2 aromatic rings. The van der Waals surface area contributed by atoms with E-state index < -0.39 is 12.0 Å². The van der Waals surface area contributed by atoms with E-state index in [-0.39, 0.29) is 12.3 Å². The number of rotatable bonds is 6. The van der Waals surface area contributed by atoms with Crippen molar-refractivity contribution < 1.29 is 19.4 Å². The number of carboxylic acid groups (broad SMARTS) is 1. The van der Waals surface area contributed by atoms with Crippen LogP contribution in [0.15, 0.2) is 41.1 Å². The Morgan fingerprint density at radius 2 is 2.00 bits per heavy atom. The molecule has 1 atom stereocenters. The van der Waals surface area contributed by atoms with Gasteiger partial charge in [-0.25, -0.2) is 4.79 Å². The van der Waals surface area contributed by atoms with Crippen molar-refractivity contribution in [2.75, 3.05) is 7.11 Å². The summed E-state index contributed by atoms with van der Waals surface area (Å²) in [7, 11) is 1.53. The molecular weight excluding hydrogens is 290 g/mol. The van der Waals surface area contributed by atoms with Gasteiger partial charge in [-0.3, -0.25) is 4.79 Å². The normalized spacial score (nSPS) is 11.7. The number of thiophene rings is 1. The van der Waals surface area contributed by atoms with Crippen LogP contribution in [0.3, 0.4) is 0 Å². The van der Waals surface area contributed by atoms with Gasteiger partial charge in [0.05, 0.1) is 13.5 Å². The van der Waals surface area contributed by atoms with Gasteiger partial charge in [0.1, 0.15) is 5.75 Å². The van der Waals surface area contributed by atoms with Crippen LogP contribution in [0.2, 0.25) is 0 Å². The highest BCUT2D eigenvalue weighted by atomic mass is 32.1. The lowest BCUT2D eigenvalue weighted by atomic mass is 10.1. The van der Waals surface area contributed by atoms with Gasteiger partial charge < -0.3 is 15.2 Å². The second-order valence-corrected chi connectivity index (χ2v) is 5.20. The number of carbonyl (C=O) groups excluding carboxylic acids is 1. The van der Waals surface area contributed by atoms with E-state index in [2.05, 4.69) is 5.32 Å². The van der Waals surface area contributed by atoms with Gasteiger partial charge in [-0.05, 0) is 40.1 Å². The van der Waals surface area contributed by atoms with Crippen LogP contribution < -0.4 is 10.1 Å². The van der Waals surface area contributed by atoms with Crippen LogP contribution >= 0.6 is 11.3 Å². The summed E-state index contributed by atoms with van der Waals surface area (Å²) in [6.07, 6.45) is 0.170. The van der Waals surface area contributed by atoms with Gasteiger partial charge in [-0.2, -0.15) is 11.3 Å². The quantitative estimate of drug-likeness (QED) is 0.858. The smallest absolute Gasteiger partial charge is 0.330 e. The molecule has 0 radical (unpaired) electrons. The summed E-state index contributed by atoms with van der Waals surface area (Å²) in [5.41, 5.74) is 1.37. The number of ether oxygens (including phenoxy) is 1. The Kier molecular flexibility index (Phi) is 4.94. The van der Waals surface area contributed by atoms with Gasteiger partial charge in [-0.1, -0.05) is 12.1 Å². The molecule has 2 rings (SSSR count). The molecule has 0 saturated heterocycles. The number of amides is 1. The largest absolute Gasteiger partial charge is 0.497 e. The van der Waals surface area contributed by atoms with Crippen LogP contribution in [-0.4, -0.2) is 24.1 Å². The zero-order valence-electron chi connectivity index (χ0n) is 11.4. The van der Waals surface area contributed by atoms with E-state index in [0.717, 1.165) is 5.56 Å². The van der Waals surface area contributed by atoms with Crippen LogP contribution in [0.1, 0.15) is 17.2 Å². The first-order valence-corrected chi connectivity index (χ1v) is 7.21. The predicted octanol–water partition coefficient (Wildman–Crippen LogP) is 2.24. The van der Waals surface area contributed by atoms with Gasteiger partial charge in [0, 0.05) is 0 Å². The highest BCUT2D eigenvalue weighted by molar-refractivity contribution is 7.07. The monoisotopic (exact) mass is 305 g/mol. The molecule has 1 heterocycles. The maximum atomic E-state index is 11.9. The van der Waals surface area contributed by atoms with Crippen molar-refractivity contribution in [3.63, 3.8) is 0 Å². The molecule has 1 amide bonds. The lowest BCUT2D eigenvalue weighted by Gasteiger charge is -2.15. The first-order chi connectivity index (χ1) is 10.1. The predicted molar refractivity (Wildman–Crippen MR) is 79.5 cm³/mol. The Bertz CT molecular complexity index is 607. The van der Waals surface area contributed by atoms with Gasteiger partial charge in [0.25, 0.3) is 0 Å². The molecule has 5 nitrogen and oxygen atoms in total. The van der Waals surface area contributed by atoms with E-state index in [0.29, 0.717) is 11.3 Å². The van der Waals surface area contributed by atoms with Crippen molar-refractivity contribution in [2.45, 2.75) is 12.5 Å². The minimum atomic E-state index is -1.10. The molecule has 1 aromatic carbocycles. The molecule has 0 aliphatic carbocycles. The molecule has 0 aliphatic heterocycles. The lowest BCUT2D eigenvalue weighted by Crippen LogP contribution is -2.34. The molecule has 0 fully saturated rings. The second kappa shape index (κ2) is 6.90. The van der Waals surface area contributed by atoms with Crippen molar-refractivity contribution in [2.24, 2.45) is 0 Å². The SMILES string of the molecule is COc1ccc(C(NC(=O)Cc2ccsc2)C(=O)O)cc1. The lowest BCUT2D eigenvalue weighted by molar-refractivity contribution is -0.141. The minimum absolute atomic E-state index is 0.170. The van der Waals surface area contributed by atoms with E-state index >= 15 is 0 Å². The zero-order valence-corrected chi connectivity index (χ0v) is 12.2. The molecule has 0 aliphatic rings. The highest BCUT2D eigenvalue weighted by Gasteiger charge is 2.22.